The van der Waals surface area contributed by atoms with Crippen LogP contribution in [-0.2, 0) is 19.1 Å². The summed E-state index contributed by atoms with van der Waals surface area (Å²) in [6, 6.07) is 0. The van der Waals surface area contributed by atoms with E-state index < -0.39 is 23.5 Å². The highest BCUT2D eigenvalue weighted by Gasteiger charge is 2.35. The molecule has 1 fully saturated rings. The van der Waals surface area contributed by atoms with Crippen LogP contribution in [0.25, 0.3) is 0 Å². The van der Waals surface area contributed by atoms with E-state index in [1.54, 1.807) is 0 Å². The molecule has 0 N–H and O–H groups in total. The van der Waals surface area contributed by atoms with E-state index in [9.17, 15) is 9.59 Å². The molecule has 1 saturated carbocycles. The van der Waals surface area contributed by atoms with E-state index in [0.717, 1.165) is 19.3 Å². The third-order valence-electron chi connectivity index (χ3n) is 3.91. The molecule has 0 bridgehead atoms. The molecule has 1 aliphatic carbocycles. The Morgan fingerprint density at radius 2 is 1.71 bits per heavy atom. The van der Waals surface area contributed by atoms with Crippen molar-refractivity contribution < 1.29 is 19.1 Å². The predicted octanol–water partition coefficient (Wildman–Crippen LogP) is 3.87. The Morgan fingerprint density at radius 3 is 2.19 bits per heavy atom. The van der Waals surface area contributed by atoms with Gasteiger partial charge in [-0.1, -0.05) is 32.6 Å². The summed E-state index contributed by atoms with van der Waals surface area (Å²) >= 11 is 0. The van der Waals surface area contributed by atoms with E-state index >= 15 is 0 Å². The average Bonchev–Trinajstić information content (AvgIpc) is 2.86. The number of hydrogen-bond acceptors (Lipinski definition) is 4. The van der Waals surface area contributed by atoms with Gasteiger partial charge in [0.1, 0.15) is 5.60 Å². The molecule has 122 valence electrons. The van der Waals surface area contributed by atoms with Crippen LogP contribution >= 0.6 is 0 Å². The summed E-state index contributed by atoms with van der Waals surface area (Å²) < 4.78 is 10.8. The van der Waals surface area contributed by atoms with Crippen molar-refractivity contribution in [2.24, 2.45) is 11.8 Å². The topological polar surface area (TPSA) is 52.6 Å². The molecule has 2 atom stereocenters. The van der Waals surface area contributed by atoms with Crippen LogP contribution in [0.5, 0.6) is 0 Å². The summed E-state index contributed by atoms with van der Waals surface area (Å²) in [4.78, 5) is 24.6. The molecule has 0 aromatic carbocycles. The molecule has 0 saturated heterocycles. The molecule has 0 aromatic heterocycles. The summed E-state index contributed by atoms with van der Waals surface area (Å²) in [5, 5.41) is 0. The van der Waals surface area contributed by atoms with Crippen LogP contribution in [0.15, 0.2) is 0 Å². The molecular formula is C17H30O4. The third-order valence-corrected chi connectivity index (χ3v) is 3.91. The molecule has 0 spiro atoms. The number of carbonyl (C=O) groups is 2. The van der Waals surface area contributed by atoms with Crippen molar-refractivity contribution in [2.45, 2.75) is 84.8 Å². The molecule has 0 radical (unpaired) electrons. The zero-order valence-corrected chi connectivity index (χ0v) is 14.1. The zero-order chi connectivity index (χ0) is 16.0. The lowest BCUT2D eigenvalue weighted by Gasteiger charge is -2.25. The maximum absolute atomic E-state index is 12.3. The van der Waals surface area contributed by atoms with Gasteiger partial charge in [-0.3, -0.25) is 9.59 Å². The Hall–Kier alpha value is -1.06. The van der Waals surface area contributed by atoms with Crippen molar-refractivity contribution in [1.29, 1.82) is 0 Å². The lowest BCUT2D eigenvalue weighted by atomic mass is 9.93. The molecule has 1 aliphatic rings. The quantitative estimate of drug-likeness (QED) is 0.552. The number of ether oxygens (including phenoxy) is 2. The second-order valence-electron chi connectivity index (χ2n) is 7.13. The Kier molecular flexibility index (Phi) is 6.69. The Bertz CT molecular complexity index is 350. The lowest BCUT2D eigenvalue weighted by molar-refractivity contribution is -0.172. The van der Waals surface area contributed by atoms with Gasteiger partial charge in [0, 0.05) is 0 Å². The first-order valence-corrected chi connectivity index (χ1v) is 8.16. The maximum Gasteiger partial charge on any atom is 0.320 e. The second kappa shape index (κ2) is 7.81. The SMILES string of the molecule is CCC(C)OC(=O)C(CC1CCCC1)C(=O)OC(C)(C)C. The van der Waals surface area contributed by atoms with E-state index in [1.165, 1.54) is 12.8 Å². The fourth-order valence-corrected chi connectivity index (χ4v) is 2.60. The molecule has 4 nitrogen and oxygen atoms in total. The molecule has 0 aliphatic heterocycles. The van der Waals surface area contributed by atoms with Crippen molar-refractivity contribution in [3.05, 3.63) is 0 Å². The minimum absolute atomic E-state index is 0.161. The van der Waals surface area contributed by atoms with Crippen molar-refractivity contribution in [3.63, 3.8) is 0 Å². The van der Waals surface area contributed by atoms with E-state index in [1.807, 2.05) is 34.6 Å². The molecule has 0 amide bonds. The van der Waals surface area contributed by atoms with Gasteiger partial charge < -0.3 is 9.47 Å². The van der Waals surface area contributed by atoms with E-state index in [4.69, 9.17) is 9.47 Å². The summed E-state index contributed by atoms with van der Waals surface area (Å²) in [5.41, 5.74) is -0.582. The minimum atomic E-state index is -0.777. The first-order chi connectivity index (χ1) is 9.73. The number of carbonyl (C=O) groups excluding carboxylic acids is 2. The largest absolute Gasteiger partial charge is 0.462 e. The van der Waals surface area contributed by atoms with Gasteiger partial charge in [0.05, 0.1) is 6.10 Å². The standard InChI is InChI=1S/C17H30O4/c1-6-12(2)20-15(18)14(11-13-9-7-8-10-13)16(19)21-17(3,4)5/h12-14H,6-11H2,1-5H3. The Labute approximate surface area is 128 Å². The lowest BCUT2D eigenvalue weighted by Crippen LogP contribution is -2.35. The van der Waals surface area contributed by atoms with E-state index in [0.29, 0.717) is 12.3 Å². The van der Waals surface area contributed by atoms with Gasteiger partial charge >= 0.3 is 11.9 Å². The number of hydrogen-bond donors (Lipinski definition) is 0. The van der Waals surface area contributed by atoms with Crippen LogP contribution in [0.1, 0.15) is 73.1 Å². The molecule has 0 heterocycles. The van der Waals surface area contributed by atoms with Crippen LogP contribution in [0.3, 0.4) is 0 Å². The first kappa shape index (κ1) is 18.0. The average molecular weight is 298 g/mol. The molecule has 0 aromatic rings. The third kappa shape index (κ3) is 6.49. The Morgan fingerprint density at radius 1 is 1.14 bits per heavy atom. The molecule has 1 rings (SSSR count). The molecule has 4 heteroatoms. The number of esters is 2. The van der Waals surface area contributed by atoms with Crippen molar-refractivity contribution in [1.82, 2.24) is 0 Å². The van der Waals surface area contributed by atoms with Crippen LogP contribution in [0.4, 0.5) is 0 Å². The molecule has 2 unspecified atom stereocenters. The van der Waals surface area contributed by atoms with Crippen LogP contribution < -0.4 is 0 Å². The smallest absolute Gasteiger partial charge is 0.320 e. The van der Waals surface area contributed by atoms with Crippen molar-refractivity contribution in [3.8, 4) is 0 Å². The van der Waals surface area contributed by atoms with Gasteiger partial charge in [-0.05, 0) is 46.5 Å². The Balaban J connectivity index is 2.72. The van der Waals surface area contributed by atoms with Gasteiger partial charge in [0.25, 0.3) is 0 Å². The van der Waals surface area contributed by atoms with Gasteiger partial charge in [-0.2, -0.15) is 0 Å². The van der Waals surface area contributed by atoms with Crippen LogP contribution in [0.2, 0.25) is 0 Å². The highest BCUT2D eigenvalue weighted by Crippen LogP contribution is 2.32. The highest BCUT2D eigenvalue weighted by molar-refractivity contribution is 5.95. The molecular weight excluding hydrogens is 268 g/mol. The predicted molar refractivity (Wildman–Crippen MR) is 81.8 cm³/mol. The summed E-state index contributed by atoms with van der Waals surface area (Å²) in [6.07, 6.45) is 5.70. The van der Waals surface area contributed by atoms with Gasteiger partial charge in [0.2, 0.25) is 0 Å². The number of rotatable bonds is 6. The van der Waals surface area contributed by atoms with Gasteiger partial charge in [-0.25, -0.2) is 0 Å². The van der Waals surface area contributed by atoms with Crippen molar-refractivity contribution in [2.75, 3.05) is 0 Å². The maximum atomic E-state index is 12.3. The normalized spacial score (nSPS) is 19.1. The van der Waals surface area contributed by atoms with E-state index in [2.05, 4.69) is 0 Å². The molecule has 21 heavy (non-hydrogen) atoms. The fourth-order valence-electron chi connectivity index (χ4n) is 2.60. The second-order valence-corrected chi connectivity index (χ2v) is 7.13. The zero-order valence-electron chi connectivity index (χ0n) is 14.1. The van der Waals surface area contributed by atoms with Crippen LogP contribution in [0, 0.1) is 11.8 Å². The summed E-state index contributed by atoms with van der Waals surface area (Å²) in [6.45, 7) is 9.25. The van der Waals surface area contributed by atoms with E-state index in [-0.39, 0.29) is 6.10 Å². The summed E-state index contributed by atoms with van der Waals surface area (Å²) in [5.74, 6) is -1.21. The van der Waals surface area contributed by atoms with Crippen LogP contribution in [-0.4, -0.2) is 23.6 Å². The minimum Gasteiger partial charge on any atom is -0.462 e. The monoisotopic (exact) mass is 298 g/mol. The van der Waals surface area contributed by atoms with Gasteiger partial charge in [-0.15, -0.1) is 0 Å². The van der Waals surface area contributed by atoms with Crippen molar-refractivity contribution >= 4 is 11.9 Å². The highest BCUT2D eigenvalue weighted by atomic mass is 16.6. The first-order valence-electron chi connectivity index (χ1n) is 8.16. The fraction of sp³-hybridized carbons (Fsp3) is 0.882. The van der Waals surface area contributed by atoms with Gasteiger partial charge in [0.15, 0.2) is 5.92 Å². The summed E-state index contributed by atoms with van der Waals surface area (Å²) in [7, 11) is 0.